The zero-order chi connectivity index (χ0) is 24.9. The molecule has 9 heteroatoms. The lowest BCUT2D eigenvalue weighted by Gasteiger charge is -2.36. The van der Waals surface area contributed by atoms with Crippen molar-refractivity contribution in [3.05, 3.63) is 82.5 Å². The smallest absolute Gasteiger partial charge is 0.316 e. The molecule has 36 heavy (non-hydrogen) atoms. The Bertz CT molecular complexity index is 1210. The Morgan fingerprint density at radius 2 is 1.75 bits per heavy atom. The van der Waals surface area contributed by atoms with Gasteiger partial charge in [-0.05, 0) is 43.9 Å². The van der Waals surface area contributed by atoms with E-state index in [1.54, 1.807) is 18.3 Å². The molecule has 0 spiro atoms. The largest absolute Gasteiger partial charge is 0.598 e. The Kier molecular flexibility index (Phi) is 7.89. The maximum Gasteiger partial charge on any atom is 0.316 e. The van der Waals surface area contributed by atoms with Crippen molar-refractivity contribution in [2.24, 2.45) is 0 Å². The van der Waals surface area contributed by atoms with Crippen molar-refractivity contribution in [3.63, 3.8) is 0 Å². The van der Waals surface area contributed by atoms with Crippen LogP contribution in [0.4, 0.5) is 10.1 Å². The summed E-state index contributed by atoms with van der Waals surface area (Å²) in [4.78, 5) is 15.6. The van der Waals surface area contributed by atoms with Crippen LogP contribution in [0.15, 0.2) is 65.6 Å². The van der Waals surface area contributed by atoms with Crippen LogP contribution in [0.3, 0.4) is 0 Å². The molecular weight excluding hydrogens is 479 g/mol. The minimum absolute atomic E-state index is 0.0202. The molecule has 5 rings (SSSR count). The highest BCUT2D eigenvalue weighted by Gasteiger charge is 2.30. The van der Waals surface area contributed by atoms with E-state index in [2.05, 4.69) is 10.00 Å². The van der Waals surface area contributed by atoms with Crippen LogP contribution < -0.4 is 15.2 Å². The maximum atomic E-state index is 13.9. The fourth-order valence-corrected chi connectivity index (χ4v) is 6.08. The van der Waals surface area contributed by atoms with Gasteiger partial charge in [0.25, 0.3) is 0 Å². The Morgan fingerprint density at radius 1 is 1.00 bits per heavy atom. The normalized spacial score (nSPS) is 18.2. The van der Waals surface area contributed by atoms with E-state index in [-0.39, 0.29) is 11.9 Å². The molecule has 1 atom stereocenters. The van der Waals surface area contributed by atoms with Gasteiger partial charge in [-0.15, -0.1) is 4.31 Å². The number of ether oxygens (including phenoxy) is 1. The number of aromatic nitrogens is 2. The first kappa shape index (κ1) is 24.8. The monoisotopic (exact) mass is 510 g/mol. The van der Waals surface area contributed by atoms with Gasteiger partial charge < -0.3 is 14.2 Å². The molecule has 1 aliphatic carbocycles. The van der Waals surface area contributed by atoms with Crippen LogP contribution in [-0.2, 0) is 17.1 Å². The molecule has 2 fully saturated rings. The van der Waals surface area contributed by atoms with E-state index >= 15 is 0 Å². The van der Waals surface area contributed by atoms with E-state index < -0.39 is 22.7 Å². The van der Waals surface area contributed by atoms with E-state index in [0.29, 0.717) is 43.3 Å². The van der Waals surface area contributed by atoms with Gasteiger partial charge in [0.2, 0.25) is 5.75 Å². The predicted octanol–water partition coefficient (Wildman–Crippen LogP) is 4.07. The first-order chi connectivity index (χ1) is 17.6. The van der Waals surface area contributed by atoms with Gasteiger partial charge in [-0.2, -0.15) is 9.78 Å². The molecular formula is C27H31FN4O3S. The number of benzene rings is 2. The zero-order valence-corrected chi connectivity index (χ0v) is 21.0. The van der Waals surface area contributed by atoms with Crippen LogP contribution in [0.5, 0.6) is 5.75 Å². The minimum Gasteiger partial charge on any atom is -0.598 e. The summed E-state index contributed by atoms with van der Waals surface area (Å²) in [7, 11) is 0. The van der Waals surface area contributed by atoms with Gasteiger partial charge in [0.05, 0.1) is 31.1 Å². The van der Waals surface area contributed by atoms with Crippen LogP contribution in [0.2, 0.25) is 0 Å². The van der Waals surface area contributed by atoms with Crippen molar-refractivity contribution in [2.75, 3.05) is 31.1 Å². The van der Waals surface area contributed by atoms with Crippen molar-refractivity contribution in [1.29, 1.82) is 0 Å². The summed E-state index contributed by atoms with van der Waals surface area (Å²) in [5, 5.41) is 4.37. The van der Waals surface area contributed by atoms with Gasteiger partial charge in [-0.1, -0.05) is 42.8 Å². The number of anilines is 1. The third-order valence-electron chi connectivity index (χ3n) is 6.80. The number of hydrogen-bond donors (Lipinski definition) is 0. The van der Waals surface area contributed by atoms with E-state index in [1.165, 1.54) is 23.2 Å². The summed E-state index contributed by atoms with van der Waals surface area (Å²) >= 11 is -1.12. The average molecular weight is 511 g/mol. The van der Waals surface area contributed by atoms with Crippen molar-refractivity contribution >= 4 is 17.0 Å². The topological polar surface area (TPSA) is 73.7 Å². The van der Waals surface area contributed by atoms with Gasteiger partial charge in [-0.25, -0.2) is 4.39 Å². The minimum atomic E-state index is -1.12. The number of rotatable bonds is 7. The Balaban J connectivity index is 1.36. The lowest BCUT2D eigenvalue weighted by Crippen LogP contribution is -2.49. The lowest BCUT2D eigenvalue weighted by molar-refractivity contribution is 0.152. The molecule has 0 N–H and O–H groups in total. The van der Waals surface area contributed by atoms with Crippen LogP contribution in [0.25, 0.3) is 5.69 Å². The van der Waals surface area contributed by atoms with E-state index in [4.69, 9.17) is 4.74 Å². The van der Waals surface area contributed by atoms with Gasteiger partial charge in [-0.3, -0.25) is 4.79 Å². The van der Waals surface area contributed by atoms with Crippen LogP contribution in [0.1, 0.15) is 37.7 Å². The molecule has 1 saturated heterocycles. The number of hydrogen-bond acceptors (Lipinski definition) is 6. The van der Waals surface area contributed by atoms with Crippen molar-refractivity contribution in [1.82, 2.24) is 14.1 Å². The van der Waals surface area contributed by atoms with Gasteiger partial charge in [0, 0.05) is 30.0 Å². The van der Waals surface area contributed by atoms with Gasteiger partial charge >= 0.3 is 5.56 Å². The number of nitrogens with zero attached hydrogens (tertiary/aromatic N) is 4. The fourth-order valence-electron chi connectivity index (χ4n) is 4.85. The summed E-state index contributed by atoms with van der Waals surface area (Å²) < 4.78 is 36.3. The van der Waals surface area contributed by atoms with Gasteiger partial charge in [0.1, 0.15) is 11.5 Å². The molecule has 1 aromatic heterocycles. The Morgan fingerprint density at radius 3 is 2.47 bits per heavy atom. The molecule has 0 bridgehead atoms. The predicted molar refractivity (Wildman–Crippen MR) is 139 cm³/mol. The van der Waals surface area contributed by atoms with E-state index in [1.807, 2.05) is 34.6 Å². The lowest BCUT2D eigenvalue weighted by atomic mass is 9.98. The van der Waals surface area contributed by atoms with Crippen molar-refractivity contribution in [3.8, 4) is 11.4 Å². The second-order valence-corrected chi connectivity index (χ2v) is 10.7. The number of halogens is 1. The van der Waals surface area contributed by atoms with Crippen molar-refractivity contribution in [2.45, 2.75) is 44.0 Å². The SMILES string of the molecule is O=c1c(OC2CCCCC2)c(N2CCN([S+]([O-])Cc3ccccc3)CC2)cnn1-c1cccc(F)c1. The quantitative estimate of drug-likeness (QED) is 0.446. The first-order valence-corrected chi connectivity index (χ1v) is 13.8. The highest BCUT2D eigenvalue weighted by molar-refractivity contribution is 7.88. The van der Waals surface area contributed by atoms with Crippen LogP contribution in [0, 0.1) is 5.82 Å². The molecule has 1 saturated carbocycles. The number of piperazine rings is 1. The average Bonchev–Trinajstić information content (AvgIpc) is 2.91. The van der Waals surface area contributed by atoms with Crippen LogP contribution in [-0.4, -0.2) is 50.9 Å². The molecule has 0 amide bonds. The molecule has 2 heterocycles. The third kappa shape index (κ3) is 5.74. The summed E-state index contributed by atoms with van der Waals surface area (Å²) in [5.41, 5.74) is 1.67. The standard InChI is InChI=1S/C27H31FN4O3S/c28-22-10-7-11-23(18-22)32-27(33)26(35-24-12-5-2-6-13-24)25(19-29-32)30-14-16-31(17-15-30)36(34)20-21-8-3-1-4-9-21/h1,3-4,7-11,18-19,24H,2,5-6,12-17,20H2. The summed E-state index contributed by atoms with van der Waals surface area (Å²) in [6.07, 6.45) is 6.78. The van der Waals surface area contributed by atoms with E-state index in [9.17, 15) is 13.7 Å². The fraction of sp³-hybridized carbons (Fsp3) is 0.407. The second-order valence-electron chi connectivity index (χ2n) is 9.30. The molecule has 1 unspecified atom stereocenters. The highest BCUT2D eigenvalue weighted by Crippen LogP contribution is 2.30. The zero-order valence-electron chi connectivity index (χ0n) is 20.2. The summed E-state index contributed by atoms with van der Waals surface area (Å²) in [5.74, 6) is 0.321. The third-order valence-corrected chi connectivity index (χ3v) is 8.33. The van der Waals surface area contributed by atoms with Crippen LogP contribution >= 0.6 is 0 Å². The second kappa shape index (κ2) is 11.5. The molecule has 2 aliphatic rings. The molecule has 2 aromatic carbocycles. The maximum absolute atomic E-state index is 13.9. The first-order valence-electron chi connectivity index (χ1n) is 12.6. The summed E-state index contributed by atoms with van der Waals surface area (Å²) in [6, 6.07) is 15.7. The Labute approximate surface area is 213 Å². The van der Waals surface area contributed by atoms with E-state index in [0.717, 1.165) is 31.2 Å². The Hall–Kier alpha value is -2.88. The van der Waals surface area contributed by atoms with Gasteiger partial charge in [0.15, 0.2) is 5.75 Å². The molecule has 3 aromatic rings. The molecule has 0 radical (unpaired) electrons. The molecule has 7 nitrogen and oxygen atoms in total. The molecule has 1 aliphatic heterocycles. The molecule has 190 valence electrons. The highest BCUT2D eigenvalue weighted by atomic mass is 32.2. The summed E-state index contributed by atoms with van der Waals surface area (Å²) in [6.45, 7) is 2.42. The van der Waals surface area contributed by atoms with Crippen molar-refractivity contribution < 1.29 is 13.7 Å².